The summed E-state index contributed by atoms with van der Waals surface area (Å²) in [5, 5.41) is 0. The molecule has 18 heavy (non-hydrogen) atoms. The lowest BCUT2D eigenvalue weighted by molar-refractivity contribution is 0.126. The number of rotatable bonds is 5. The van der Waals surface area contributed by atoms with Crippen molar-refractivity contribution in [2.45, 2.75) is 25.3 Å². The molecule has 1 atom stereocenters. The molecule has 2 N–H and O–H groups in total. The molecule has 100 valence electrons. The van der Waals surface area contributed by atoms with Crippen LogP contribution in [0, 0.1) is 5.82 Å². The Morgan fingerprint density at radius 2 is 2.17 bits per heavy atom. The Morgan fingerprint density at radius 3 is 2.94 bits per heavy atom. The van der Waals surface area contributed by atoms with Gasteiger partial charge < -0.3 is 10.5 Å². The molecule has 2 rings (SSSR count). The monoisotopic (exact) mass is 252 g/mol. The lowest BCUT2D eigenvalue weighted by Crippen LogP contribution is -2.45. The van der Waals surface area contributed by atoms with Crippen molar-refractivity contribution < 1.29 is 9.13 Å². The molecule has 1 aromatic rings. The van der Waals surface area contributed by atoms with Crippen LogP contribution in [0.25, 0.3) is 0 Å². The fourth-order valence-corrected chi connectivity index (χ4v) is 2.46. The van der Waals surface area contributed by atoms with Crippen LogP contribution in [-0.2, 0) is 0 Å². The summed E-state index contributed by atoms with van der Waals surface area (Å²) in [6.45, 7) is 3.09. The molecule has 1 aliphatic rings. The summed E-state index contributed by atoms with van der Waals surface area (Å²) in [6, 6.07) is 6.98. The van der Waals surface area contributed by atoms with Crippen LogP contribution in [0.15, 0.2) is 24.3 Å². The van der Waals surface area contributed by atoms with E-state index in [1.807, 2.05) is 0 Å². The molecule has 0 aromatic heterocycles. The second-order valence-electron chi connectivity index (χ2n) is 4.70. The number of ether oxygens (including phenoxy) is 1. The molecule has 0 aliphatic carbocycles. The first-order valence-corrected chi connectivity index (χ1v) is 6.62. The van der Waals surface area contributed by atoms with Crippen molar-refractivity contribution in [3.05, 3.63) is 30.1 Å². The van der Waals surface area contributed by atoms with Gasteiger partial charge in [0.25, 0.3) is 0 Å². The summed E-state index contributed by atoms with van der Waals surface area (Å²) < 4.78 is 18.8. The summed E-state index contributed by atoms with van der Waals surface area (Å²) in [5.74, 6) is 0.0327. The Balaban J connectivity index is 1.79. The average molecular weight is 252 g/mol. The van der Waals surface area contributed by atoms with Gasteiger partial charge in [0.15, 0.2) is 11.6 Å². The van der Waals surface area contributed by atoms with Crippen LogP contribution in [0.1, 0.15) is 19.3 Å². The van der Waals surface area contributed by atoms with Crippen molar-refractivity contribution in [2.24, 2.45) is 5.73 Å². The summed E-state index contributed by atoms with van der Waals surface area (Å²) >= 11 is 0. The van der Waals surface area contributed by atoms with Gasteiger partial charge in [0, 0.05) is 19.1 Å². The predicted molar refractivity (Wildman–Crippen MR) is 70.2 cm³/mol. The molecule has 1 aliphatic heterocycles. The minimum Gasteiger partial charge on any atom is -0.489 e. The molecule has 1 fully saturated rings. The van der Waals surface area contributed by atoms with E-state index in [9.17, 15) is 4.39 Å². The van der Waals surface area contributed by atoms with Gasteiger partial charge >= 0.3 is 0 Å². The van der Waals surface area contributed by atoms with Crippen molar-refractivity contribution in [1.29, 1.82) is 0 Å². The van der Waals surface area contributed by atoms with Gasteiger partial charge in [-0.3, -0.25) is 4.90 Å². The Labute approximate surface area is 108 Å². The first-order chi connectivity index (χ1) is 8.81. The zero-order valence-corrected chi connectivity index (χ0v) is 10.6. The van der Waals surface area contributed by atoms with Crippen LogP contribution >= 0.6 is 0 Å². The maximum Gasteiger partial charge on any atom is 0.165 e. The topological polar surface area (TPSA) is 38.5 Å². The molecule has 1 heterocycles. The van der Waals surface area contributed by atoms with E-state index in [0.29, 0.717) is 24.9 Å². The molecule has 0 radical (unpaired) electrons. The summed E-state index contributed by atoms with van der Waals surface area (Å²) in [4.78, 5) is 2.35. The number of para-hydroxylation sites is 1. The van der Waals surface area contributed by atoms with Crippen LogP contribution in [0.5, 0.6) is 5.75 Å². The Kier molecular flexibility index (Phi) is 4.96. The molecule has 0 amide bonds. The molecular weight excluding hydrogens is 231 g/mol. The largest absolute Gasteiger partial charge is 0.489 e. The Bertz CT molecular complexity index is 373. The van der Waals surface area contributed by atoms with Crippen molar-refractivity contribution in [1.82, 2.24) is 4.90 Å². The summed E-state index contributed by atoms with van der Waals surface area (Å²) in [5.41, 5.74) is 5.76. The molecule has 4 heteroatoms. The van der Waals surface area contributed by atoms with Crippen LogP contribution < -0.4 is 10.5 Å². The van der Waals surface area contributed by atoms with Gasteiger partial charge in [-0.05, 0) is 31.5 Å². The highest BCUT2D eigenvalue weighted by molar-refractivity contribution is 5.23. The third-order valence-corrected chi connectivity index (χ3v) is 3.49. The van der Waals surface area contributed by atoms with Gasteiger partial charge in [0.05, 0.1) is 0 Å². The zero-order chi connectivity index (χ0) is 12.8. The molecule has 1 saturated heterocycles. The van der Waals surface area contributed by atoms with Gasteiger partial charge in [-0.1, -0.05) is 18.6 Å². The lowest BCUT2D eigenvalue weighted by Gasteiger charge is -2.34. The first-order valence-electron chi connectivity index (χ1n) is 6.62. The van der Waals surface area contributed by atoms with Gasteiger partial charge in [-0.2, -0.15) is 0 Å². The highest BCUT2D eigenvalue weighted by Gasteiger charge is 2.20. The fourth-order valence-electron chi connectivity index (χ4n) is 2.46. The third kappa shape index (κ3) is 3.43. The van der Waals surface area contributed by atoms with Crippen molar-refractivity contribution in [2.75, 3.05) is 26.2 Å². The number of hydrogen-bond donors (Lipinski definition) is 1. The minimum absolute atomic E-state index is 0.300. The average Bonchev–Trinajstić information content (AvgIpc) is 2.41. The minimum atomic E-state index is -0.300. The van der Waals surface area contributed by atoms with Gasteiger partial charge in [-0.25, -0.2) is 4.39 Å². The highest BCUT2D eigenvalue weighted by atomic mass is 19.1. The molecule has 3 nitrogen and oxygen atoms in total. The molecule has 0 saturated carbocycles. The van der Waals surface area contributed by atoms with Crippen molar-refractivity contribution in [3.8, 4) is 5.75 Å². The van der Waals surface area contributed by atoms with E-state index in [0.717, 1.165) is 19.5 Å². The number of benzene rings is 1. The van der Waals surface area contributed by atoms with Crippen LogP contribution in [0.3, 0.4) is 0 Å². The fraction of sp³-hybridized carbons (Fsp3) is 0.571. The van der Waals surface area contributed by atoms with E-state index in [4.69, 9.17) is 10.5 Å². The van der Waals surface area contributed by atoms with E-state index in [2.05, 4.69) is 4.90 Å². The molecular formula is C14H21FN2O. The van der Waals surface area contributed by atoms with E-state index in [1.54, 1.807) is 18.2 Å². The molecule has 0 bridgehead atoms. The second kappa shape index (κ2) is 6.71. The maximum atomic E-state index is 13.3. The number of nitrogens with two attached hydrogens (primary N) is 1. The second-order valence-corrected chi connectivity index (χ2v) is 4.70. The third-order valence-electron chi connectivity index (χ3n) is 3.49. The van der Waals surface area contributed by atoms with Gasteiger partial charge in [0.1, 0.15) is 6.61 Å². The molecule has 1 aromatic carbocycles. The van der Waals surface area contributed by atoms with E-state index in [-0.39, 0.29) is 5.82 Å². The quantitative estimate of drug-likeness (QED) is 0.871. The highest BCUT2D eigenvalue weighted by Crippen LogP contribution is 2.17. The first kappa shape index (κ1) is 13.3. The number of halogens is 1. The van der Waals surface area contributed by atoms with Crippen LogP contribution in [0.4, 0.5) is 4.39 Å². The van der Waals surface area contributed by atoms with E-state index in [1.165, 1.54) is 18.9 Å². The smallest absolute Gasteiger partial charge is 0.165 e. The normalized spacial score (nSPS) is 20.9. The number of nitrogens with zero attached hydrogens (tertiary/aromatic N) is 1. The van der Waals surface area contributed by atoms with Crippen LogP contribution in [-0.4, -0.2) is 37.2 Å². The Morgan fingerprint density at radius 1 is 1.33 bits per heavy atom. The SMILES string of the molecule is NCC1CCCCN1CCOc1ccccc1F. The van der Waals surface area contributed by atoms with E-state index < -0.39 is 0 Å². The van der Waals surface area contributed by atoms with E-state index >= 15 is 0 Å². The number of piperidine rings is 1. The lowest BCUT2D eigenvalue weighted by atomic mass is 10.0. The number of likely N-dealkylation sites (tertiary alicyclic amines) is 1. The van der Waals surface area contributed by atoms with Crippen molar-refractivity contribution >= 4 is 0 Å². The Hall–Kier alpha value is -1.13. The standard InChI is InChI=1S/C14H21FN2O/c15-13-6-1-2-7-14(13)18-10-9-17-8-4-3-5-12(17)11-16/h1-2,6-7,12H,3-5,8-11,16H2. The predicted octanol–water partition coefficient (Wildman–Crippen LogP) is 2.02. The zero-order valence-electron chi connectivity index (χ0n) is 10.6. The molecule has 1 unspecified atom stereocenters. The maximum absolute atomic E-state index is 13.3. The van der Waals surface area contributed by atoms with Gasteiger partial charge in [0.2, 0.25) is 0 Å². The van der Waals surface area contributed by atoms with Crippen molar-refractivity contribution in [3.63, 3.8) is 0 Å². The molecule has 0 spiro atoms. The van der Waals surface area contributed by atoms with Gasteiger partial charge in [-0.15, -0.1) is 0 Å². The summed E-state index contributed by atoms with van der Waals surface area (Å²) in [6.07, 6.45) is 3.64. The summed E-state index contributed by atoms with van der Waals surface area (Å²) in [7, 11) is 0. The number of hydrogen-bond acceptors (Lipinski definition) is 3. The van der Waals surface area contributed by atoms with Crippen LogP contribution in [0.2, 0.25) is 0 Å².